The van der Waals surface area contributed by atoms with E-state index >= 15 is 0 Å². The first kappa shape index (κ1) is 14.1. The van der Waals surface area contributed by atoms with Crippen molar-refractivity contribution in [3.8, 4) is 0 Å². The molecule has 0 aliphatic carbocycles. The largest absolute Gasteiger partial charge is 0.545 e. The van der Waals surface area contributed by atoms with Gasteiger partial charge in [0.15, 0.2) is 5.79 Å². The summed E-state index contributed by atoms with van der Waals surface area (Å²) in [5.41, 5.74) is 0.124. The quantitative estimate of drug-likeness (QED) is 0.467. The van der Waals surface area contributed by atoms with Crippen LogP contribution in [0.1, 0.15) is 34.1 Å². The lowest BCUT2D eigenvalue weighted by Crippen LogP contribution is -2.35. The van der Waals surface area contributed by atoms with Crippen LogP contribution in [0.2, 0.25) is 0 Å². The number of carboxylic acids is 1. The summed E-state index contributed by atoms with van der Waals surface area (Å²) in [5, 5.41) is 10.6. The lowest BCUT2D eigenvalue weighted by molar-refractivity contribution is -0.299. The molecule has 0 aliphatic heterocycles. The molecule has 0 spiro atoms. The lowest BCUT2D eigenvalue weighted by Gasteiger charge is -2.30. The highest BCUT2D eigenvalue weighted by Crippen LogP contribution is 2.21. The molecule has 0 radical (unpaired) electrons. The Labute approximate surface area is 90.9 Å². The van der Waals surface area contributed by atoms with Crippen LogP contribution in [0, 0.1) is 0 Å². The first-order valence-corrected chi connectivity index (χ1v) is 5.20. The van der Waals surface area contributed by atoms with Crippen LogP contribution in [0.5, 0.6) is 0 Å². The number of carbonyl (C=O) groups excluding carboxylic acids is 1. The Bertz CT molecular complexity index is 227. The van der Waals surface area contributed by atoms with Crippen LogP contribution < -0.4 is 5.11 Å². The Balaban J connectivity index is 4.89. The highest BCUT2D eigenvalue weighted by molar-refractivity contribution is 5.84. The van der Waals surface area contributed by atoms with Gasteiger partial charge in [0, 0.05) is 19.6 Å². The van der Waals surface area contributed by atoms with Gasteiger partial charge in [-0.05, 0) is 32.4 Å². The predicted molar refractivity (Wildman–Crippen MR) is 55.0 cm³/mol. The van der Waals surface area contributed by atoms with Gasteiger partial charge < -0.3 is 19.4 Å². The van der Waals surface area contributed by atoms with Gasteiger partial charge in [-0.2, -0.15) is 0 Å². The molecule has 0 heterocycles. The number of aliphatic carboxylic acids is 1. The van der Waals surface area contributed by atoms with Gasteiger partial charge in [0.25, 0.3) is 0 Å². The molecule has 4 heteroatoms. The number of ether oxygens (including phenoxy) is 2. The SMILES string of the molecule is CCOC(/C=C(\C)C(=O)[O-])(CC)OCC. The average molecular weight is 215 g/mol. The van der Waals surface area contributed by atoms with E-state index in [1.165, 1.54) is 13.0 Å². The van der Waals surface area contributed by atoms with Gasteiger partial charge >= 0.3 is 0 Å². The Morgan fingerprint density at radius 3 is 2.00 bits per heavy atom. The monoisotopic (exact) mass is 215 g/mol. The molecule has 0 saturated carbocycles. The van der Waals surface area contributed by atoms with Crippen LogP contribution in [-0.2, 0) is 14.3 Å². The molecular formula is C11H19O4-. The van der Waals surface area contributed by atoms with Gasteiger partial charge in [-0.1, -0.05) is 6.92 Å². The van der Waals surface area contributed by atoms with Crippen molar-refractivity contribution in [2.24, 2.45) is 0 Å². The van der Waals surface area contributed by atoms with Crippen molar-refractivity contribution in [1.29, 1.82) is 0 Å². The maximum atomic E-state index is 10.6. The fourth-order valence-corrected chi connectivity index (χ4v) is 1.31. The second-order valence-electron chi connectivity index (χ2n) is 3.15. The van der Waals surface area contributed by atoms with E-state index in [0.29, 0.717) is 19.6 Å². The zero-order valence-electron chi connectivity index (χ0n) is 9.83. The smallest absolute Gasteiger partial charge is 0.188 e. The number of hydrogen-bond donors (Lipinski definition) is 0. The second-order valence-corrected chi connectivity index (χ2v) is 3.15. The molecule has 0 N–H and O–H groups in total. The Hall–Kier alpha value is -0.870. The van der Waals surface area contributed by atoms with Crippen LogP contribution >= 0.6 is 0 Å². The lowest BCUT2D eigenvalue weighted by atomic mass is 10.1. The van der Waals surface area contributed by atoms with E-state index in [9.17, 15) is 9.90 Å². The van der Waals surface area contributed by atoms with Crippen molar-refractivity contribution in [1.82, 2.24) is 0 Å². The summed E-state index contributed by atoms with van der Waals surface area (Å²) < 4.78 is 10.9. The van der Waals surface area contributed by atoms with E-state index in [1.54, 1.807) is 0 Å². The molecule has 0 amide bonds. The fourth-order valence-electron chi connectivity index (χ4n) is 1.31. The van der Waals surface area contributed by atoms with Crippen LogP contribution in [0.3, 0.4) is 0 Å². The summed E-state index contributed by atoms with van der Waals surface area (Å²) in [7, 11) is 0. The minimum absolute atomic E-state index is 0.124. The summed E-state index contributed by atoms with van der Waals surface area (Å²) >= 11 is 0. The Morgan fingerprint density at radius 2 is 1.73 bits per heavy atom. The number of rotatable bonds is 7. The molecule has 0 rings (SSSR count). The van der Waals surface area contributed by atoms with Gasteiger partial charge in [0.05, 0.1) is 5.97 Å². The molecule has 0 atom stereocenters. The third-order valence-corrected chi connectivity index (χ3v) is 2.03. The topological polar surface area (TPSA) is 58.6 Å². The second kappa shape index (κ2) is 6.58. The summed E-state index contributed by atoms with van der Waals surface area (Å²) in [5.74, 6) is -2.14. The van der Waals surface area contributed by atoms with Crippen molar-refractivity contribution in [3.05, 3.63) is 11.6 Å². The summed E-state index contributed by atoms with van der Waals surface area (Å²) in [4.78, 5) is 10.6. The van der Waals surface area contributed by atoms with Crippen LogP contribution in [-0.4, -0.2) is 25.0 Å². The van der Waals surface area contributed by atoms with Gasteiger partial charge in [-0.25, -0.2) is 0 Å². The number of carbonyl (C=O) groups is 1. The van der Waals surface area contributed by atoms with Gasteiger partial charge in [-0.3, -0.25) is 0 Å². The maximum Gasteiger partial charge on any atom is 0.188 e. The third kappa shape index (κ3) is 4.44. The minimum Gasteiger partial charge on any atom is -0.545 e. The normalized spacial score (nSPS) is 12.9. The fraction of sp³-hybridized carbons (Fsp3) is 0.727. The van der Waals surface area contributed by atoms with Crippen molar-refractivity contribution < 1.29 is 19.4 Å². The molecule has 0 bridgehead atoms. The first-order chi connectivity index (χ1) is 7.01. The highest BCUT2D eigenvalue weighted by atomic mass is 16.7. The molecule has 0 aliphatic rings. The van der Waals surface area contributed by atoms with Gasteiger partial charge in [-0.15, -0.1) is 0 Å². The zero-order valence-corrected chi connectivity index (χ0v) is 9.83. The average Bonchev–Trinajstić information content (AvgIpc) is 2.18. The molecule has 0 saturated heterocycles. The number of hydrogen-bond acceptors (Lipinski definition) is 4. The van der Waals surface area contributed by atoms with E-state index in [-0.39, 0.29) is 5.57 Å². The predicted octanol–water partition coefficient (Wildman–Crippen LogP) is 0.862. The van der Waals surface area contributed by atoms with Crippen LogP contribution in [0.25, 0.3) is 0 Å². The molecular weight excluding hydrogens is 196 g/mol. The summed E-state index contributed by atoms with van der Waals surface area (Å²) in [6.45, 7) is 7.95. The first-order valence-electron chi connectivity index (χ1n) is 5.20. The third-order valence-electron chi connectivity index (χ3n) is 2.03. The standard InChI is InChI=1S/C11H20O4/c1-5-11(14-6-2,15-7-3)8-9(4)10(12)13/h8H,5-7H2,1-4H3,(H,12,13)/p-1/b9-8+. The summed E-state index contributed by atoms with van der Waals surface area (Å²) in [6.07, 6.45) is 2.02. The van der Waals surface area contributed by atoms with E-state index in [0.717, 1.165) is 0 Å². The molecule has 0 aromatic carbocycles. The molecule has 0 unspecified atom stereocenters. The highest BCUT2D eigenvalue weighted by Gasteiger charge is 2.26. The van der Waals surface area contributed by atoms with E-state index in [1.807, 2.05) is 20.8 Å². The summed E-state index contributed by atoms with van der Waals surface area (Å²) in [6, 6.07) is 0. The molecule has 4 nitrogen and oxygen atoms in total. The molecule has 88 valence electrons. The Kier molecular flexibility index (Phi) is 6.20. The Morgan fingerprint density at radius 1 is 1.27 bits per heavy atom. The van der Waals surface area contributed by atoms with Crippen LogP contribution in [0.15, 0.2) is 11.6 Å². The van der Waals surface area contributed by atoms with E-state index < -0.39 is 11.8 Å². The van der Waals surface area contributed by atoms with Gasteiger partial charge in [0.1, 0.15) is 0 Å². The van der Waals surface area contributed by atoms with Gasteiger partial charge in [0.2, 0.25) is 0 Å². The van der Waals surface area contributed by atoms with Crippen molar-refractivity contribution in [2.45, 2.75) is 39.9 Å². The molecule has 0 fully saturated rings. The van der Waals surface area contributed by atoms with E-state index in [4.69, 9.17) is 9.47 Å². The molecule has 0 aromatic rings. The van der Waals surface area contributed by atoms with Crippen molar-refractivity contribution in [2.75, 3.05) is 13.2 Å². The molecule has 0 aromatic heterocycles. The zero-order chi connectivity index (χ0) is 11.9. The van der Waals surface area contributed by atoms with E-state index in [2.05, 4.69) is 0 Å². The molecule has 15 heavy (non-hydrogen) atoms. The number of carboxylic acid groups (broad SMARTS) is 1. The minimum atomic E-state index is -1.20. The maximum absolute atomic E-state index is 10.6. The van der Waals surface area contributed by atoms with Crippen molar-refractivity contribution in [3.63, 3.8) is 0 Å². The van der Waals surface area contributed by atoms with Crippen molar-refractivity contribution >= 4 is 5.97 Å². The van der Waals surface area contributed by atoms with Crippen LogP contribution in [0.4, 0.5) is 0 Å².